The number of likely N-dealkylation sites (tertiary alicyclic amines) is 1. The number of aryl methyl sites for hydroxylation is 2. The van der Waals surface area contributed by atoms with Crippen molar-refractivity contribution in [2.75, 3.05) is 6.54 Å². The van der Waals surface area contributed by atoms with E-state index in [4.69, 9.17) is 9.78 Å². The molecule has 0 radical (unpaired) electrons. The van der Waals surface area contributed by atoms with Gasteiger partial charge in [-0.25, -0.2) is 8.78 Å². The minimum absolute atomic E-state index is 0.167. The highest BCUT2D eigenvalue weighted by Gasteiger charge is 2.47. The number of carbonyl (C=O) groups is 2. The second kappa shape index (κ2) is 7.46. The minimum atomic E-state index is -3.08. The third-order valence-corrected chi connectivity index (χ3v) is 4.73. The van der Waals surface area contributed by atoms with Crippen molar-refractivity contribution < 1.29 is 22.9 Å². The number of halogens is 2. The lowest BCUT2D eigenvalue weighted by atomic mass is 9.96. The average molecular weight is 388 g/mol. The number of pyridine rings is 1. The average Bonchev–Trinajstić information content (AvgIpc) is 3.17. The van der Waals surface area contributed by atoms with Gasteiger partial charge in [-0.2, -0.15) is 5.26 Å². The fraction of sp³-hybridized carbons (Fsp3) is 0.421. The molecule has 3 heterocycles. The van der Waals surface area contributed by atoms with Gasteiger partial charge in [0.15, 0.2) is 5.78 Å². The lowest BCUT2D eigenvalue weighted by Crippen LogP contribution is -2.36. The highest BCUT2D eigenvalue weighted by atomic mass is 19.3. The third kappa shape index (κ3) is 3.76. The van der Waals surface area contributed by atoms with Crippen LogP contribution >= 0.6 is 0 Å². The van der Waals surface area contributed by atoms with Crippen LogP contribution in [0.4, 0.5) is 8.78 Å². The predicted octanol–water partition coefficient (Wildman–Crippen LogP) is 3.08. The SMILES string of the molecule is Cc1noc(C)c1-c1cnccc1C(=O)CCC(=O)N1CC(F)(F)C[C@H]1C#N. The van der Waals surface area contributed by atoms with E-state index in [1.54, 1.807) is 19.9 Å². The minimum Gasteiger partial charge on any atom is -0.361 e. The monoisotopic (exact) mass is 388 g/mol. The van der Waals surface area contributed by atoms with Crippen LogP contribution in [0.2, 0.25) is 0 Å². The summed E-state index contributed by atoms with van der Waals surface area (Å²) >= 11 is 0. The van der Waals surface area contributed by atoms with Gasteiger partial charge in [-0.3, -0.25) is 14.6 Å². The van der Waals surface area contributed by atoms with E-state index in [0.717, 1.165) is 4.90 Å². The third-order valence-electron chi connectivity index (χ3n) is 4.73. The molecule has 1 aliphatic heterocycles. The molecule has 0 N–H and O–H groups in total. The van der Waals surface area contributed by atoms with Gasteiger partial charge in [0.2, 0.25) is 5.91 Å². The first-order valence-corrected chi connectivity index (χ1v) is 8.71. The molecular formula is C19H18F2N4O3. The molecule has 28 heavy (non-hydrogen) atoms. The zero-order valence-electron chi connectivity index (χ0n) is 15.4. The van der Waals surface area contributed by atoms with E-state index in [-0.39, 0.29) is 18.6 Å². The molecule has 2 aromatic rings. The number of aromatic nitrogens is 2. The molecule has 1 amide bonds. The molecule has 0 unspecified atom stereocenters. The number of nitrogens with zero attached hydrogens (tertiary/aromatic N) is 4. The number of ketones is 1. The molecule has 3 rings (SSSR count). The van der Waals surface area contributed by atoms with Gasteiger partial charge in [0.1, 0.15) is 11.8 Å². The van der Waals surface area contributed by atoms with Crippen LogP contribution in [-0.2, 0) is 4.79 Å². The van der Waals surface area contributed by atoms with E-state index in [9.17, 15) is 18.4 Å². The highest BCUT2D eigenvalue weighted by Crippen LogP contribution is 2.33. The van der Waals surface area contributed by atoms with Crippen molar-refractivity contribution >= 4 is 11.7 Å². The van der Waals surface area contributed by atoms with Crippen LogP contribution in [0.5, 0.6) is 0 Å². The number of hydrogen-bond donors (Lipinski definition) is 0. The summed E-state index contributed by atoms with van der Waals surface area (Å²) in [6, 6.07) is 2.09. The Morgan fingerprint density at radius 1 is 1.39 bits per heavy atom. The molecule has 1 aliphatic rings. The number of hydrogen-bond acceptors (Lipinski definition) is 6. The van der Waals surface area contributed by atoms with Gasteiger partial charge in [-0.15, -0.1) is 0 Å². The van der Waals surface area contributed by atoms with Crippen molar-refractivity contribution in [3.05, 3.63) is 35.5 Å². The fourth-order valence-electron chi connectivity index (χ4n) is 3.40. The lowest BCUT2D eigenvalue weighted by Gasteiger charge is -2.19. The quantitative estimate of drug-likeness (QED) is 0.730. The number of carbonyl (C=O) groups excluding carboxylic acids is 2. The molecule has 1 atom stereocenters. The maximum absolute atomic E-state index is 13.5. The summed E-state index contributed by atoms with van der Waals surface area (Å²) in [6.07, 6.45) is 1.89. The largest absolute Gasteiger partial charge is 0.361 e. The van der Waals surface area contributed by atoms with Gasteiger partial charge in [-0.05, 0) is 19.9 Å². The van der Waals surface area contributed by atoms with Crippen molar-refractivity contribution in [3.8, 4) is 17.2 Å². The molecule has 2 aromatic heterocycles. The van der Waals surface area contributed by atoms with Gasteiger partial charge >= 0.3 is 0 Å². The van der Waals surface area contributed by atoms with Crippen LogP contribution in [0, 0.1) is 25.2 Å². The Hall–Kier alpha value is -3.15. The predicted molar refractivity (Wildman–Crippen MR) is 93.5 cm³/mol. The van der Waals surface area contributed by atoms with Crippen LogP contribution in [0.3, 0.4) is 0 Å². The maximum Gasteiger partial charge on any atom is 0.268 e. The first kappa shape index (κ1) is 19.6. The maximum atomic E-state index is 13.5. The van der Waals surface area contributed by atoms with Crippen LogP contribution in [0.1, 0.15) is 41.1 Å². The van der Waals surface area contributed by atoms with Crippen molar-refractivity contribution in [3.63, 3.8) is 0 Å². The molecule has 9 heteroatoms. The zero-order chi connectivity index (χ0) is 20.5. The molecule has 0 saturated carbocycles. The zero-order valence-corrected chi connectivity index (χ0v) is 15.4. The number of nitriles is 1. The Kier molecular flexibility index (Phi) is 5.23. The van der Waals surface area contributed by atoms with Crippen LogP contribution in [0.15, 0.2) is 23.0 Å². The Balaban J connectivity index is 1.75. The fourth-order valence-corrected chi connectivity index (χ4v) is 3.40. The second-order valence-electron chi connectivity index (χ2n) is 6.77. The van der Waals surface area contributed by atoms with E-state index in [1.165, 1.54) is 18.5 Å². The molecule has 0 bridgehead atoms. The van der Waals surface area contributed by atoms with E-state index >= 15 is 0 Å². The molecule has 0 aliphatic carbocycles. The normalized spacial score (nSPS) is 18.1. The van der Waals surface area contributed by atoms with Crippen LogP contribution in [-0.4, -0.2) is 45.2 Å². The van der Waals surface area contributed by atoms with Crippen LogP contribution in [0.25, 0.3) is 11.1 Å². The first-order valence-electron chi connectivity index (χ1n) is 8.71. The Labute approximate surface area is 159 Å². The molecule has 0 aromatic carbocycles. The van der Waals surface area contributed by atoms with Crippen molar-refractivity contribution in [1.82, 2.24) is 15.0 Å². The Morgan fingerprint density at radius 2 is 2.14 bits per heavy atom. The number of rotatable bonds is 5. The number of Topliss-reactive ketones (excluding diaryl/α,β-unsaturated/α-hetero) is 1. The van der Waals surface area contributed by atoms with Gasteiger partial charge in [0, 0.05) is 48.3 Å². The van der Waals surface area contributed by atoms with Crippen molar-refractivity contribution in [1.29, 1.82) is 5.26 Å². The summed E-state index contributed by atoms with van der Waals surface area (Å²) in [6.45, 7) is 2.67. The molecule has 1 fully saturated rings. The van der Waals surface area contributed by atoms with E-state index in [1.807, 2.05) is 0 Å². The first-order chi connectivity index (χ1) is 13.2. The molecule has 7 nitrogen and oxygen atoms in total. The molecular weight excluding hydrogens is 370 g/mol. The van der Waals surface area contributed by atoms with Crippen LogP contribution < -0.4 is 0 Å². The summed E-state index contributed by atoms with van der Waals surface area (Å²) in [5.41, 5.74) is 2.15. The van der Waals surface area contributed by atoms with Gasteiger partial charge < -0.3 is 9.42 Å². The van der Waals surface area contributed by atoms with Gasteiger partial charge in [-0.1, -0.05) is 5.16 Å². The van der Waals surface area contributed by atoms with Crippen molar-refractivity contribution in [2.24, 2.45) is 0 Å². The Bertz CT molecular complexity index is 945. The second-order valence-corrected chi connectivity index (χ2v) is 6.77. The van der Waals surface area contributed by atoms with E-state index in [0.29, 0.717) is 28.1 Å². The smallest absolute Gasteiger partial charge is 0.268 e. The molecule has 0 spiro atoms. The summed E-state index contributed by atoms with van der Waals surface area (Å²) in [5, 5.41) is 12.9. The summed E-state index contributed by atoms with van der Waals surface area (Å²) < 4.78 is 32.2. The van der Waals surface area contributed by atoms with Gasteiger partial charge in [0.25, 0.3) is 5.92 Å². The summed E-state index contributed by atoms with van der Waals surface area (Å²) in [5.74, 6) is -3.51. The molecule has 1 saturated heterocycles. The van der Waals surface area contributed by atoms with E-state index < -0.39 is 30.8 Å². The Morgan fingerprint density at radius 3 is 2.79 bits per heavy atom. The summed E-state index contributed by atoms with van der Waals surface area (Å²) in [7, 11) is 0. The standard InChI is InChI=1S/C19H18F2N4O3/c1-11-18(12(2)28-24-11)15-9-23-6-5-14(15)16(26)3-4-17(27)25-10-19(20,21)7-13(25)8-22/h5-6,9,13H,3-4,7,10H2,1-2H3/t13-/m0/s1. The highest BCUT2D eigenvalue weighted by molar-refractivity contribution is 6.03. The van der Waals surface area contributed by atoms with Gasteiger partial charge in [0.05, 0.1) is 18.3 Å². The number of amides is 1. The number of alkyl halides is 2. The van der Waals surface area contributed by atoms with Crippen molar-refractivity contribution in [2.45, 2.75) is 45.1 Å². The lowest BCUT2D eigenvalue weighted by molar-refractivity contribution is -0.132. The molecule has 146 valence electrons. The topological polar surface area (TPSA) is 100 Å². The summed E-state index contributed by atoms with van der Waals surface area (Å²) in [4.78, 5) is 29.9. The van der Waals surface area contributed by atoms with E-state index in [2.05, 4.69) is 10.1 Å².